The van der Waals surface area contributed by atoms with Crippen LogP contribution in [-0.4, -0.2) is 37.3 Å². The number of thioether (sulfide) groups is 1. The number of hydrogen-bond acceptors (Lipinski definition) is 6. The maximum atomic E-state index is 12.4. The number of nitrogens with one attached hydrogen (secondary N) is 1. The Morgan fingerprint density at radius 1 is 1.28 bits per heavy atom. The largest absolute Gasteiger partial charge is 0.366 e. The molecule has 2 amide bonds. The summed E-state index contributed by atoms with van der Waals surface area (Å²) < 4.78 is 1.84. The Hall–Kier alpha value is -2.42. The van der Waals surface area contributed by atoms with Crippen molar-refractivity contribution >= 4 is 29.3 Å². The molecule has 1 saturated carbocycles. The standard InChI is InChI=1S/C16H20N6O2S/c1-10(15(24)18-12-8-6-11(7-9-12)14(17)23)25-16-19-20-21-22(16)13-4-2-3-5-13/h6-10,13H,2-5H2,1H3,(H2,17,23)(H,18,24)/t10-/m1/s1. The molecule has 1 fully saturated rings. The monoisotopic (exact) mass is 360 g/mol. The van der Waals surface area contributed by atoms with Gasteiger partial charge in [0.05, 0.1) is 11.3 Å². The third-order valence-corrected chi connectivity index (χ3v) is 5.27. The van der Waals surface area contributed by atoms with Crippen LogP contribution in [0.5, 0.6) is 0 Å². The van der Waals surface area contributed by atoms with E-state index < -0.39 is 5.91 Å². The Kier molecular flexibility index (Phi) is 5.32. The number of carbonyl (C=O) groups excluding carboxylic acids is 2. The van der Waals surface area contributed by atoms with Crippen LogP contribution in [0.25, 0.3) is 0 Å². The molecule has 132 valence electrons. The zero-order valence-electron chi connectivity index (χ0n) is 13.9. The molecular formula is C16H20N6O2S. The first-order valence-electron chi connectivity index (χ1n) is 8.20. The van der Waals surface area contributed by atoms with Crippen LogP contribution in [0.3, 0.4) is 0 Å². The summed E-state index contributed by atoms with van der Waals surface area (Å²) in [6.45, 7) is 1.81. The number of nitrogens with zero attached hydrogens (tertiary/aromatic N) is 4. The van der Waals surface area contributed by atoms with E-state index in [0.717, 1.165) is 12.8 Å². The summed E-state index contributed by atoms with van der Waals surface area (Å²) >= 11 is 1.34. The minimum atomic E-state index is -0.499. The maximum Gasteiger partial charge on any atom is 0.248 e. The van der Waals surface area contributed by atoms with Gasteiger partial charge in [0.1, 0.15) is 0 Å². The van der Waals surface area contributed by atoms with E-state index in [2.05, 4.69) is 20.8 Å². The van der Waals surface area contributed by atoms with Gasteiger partial charge in [0, 0.05) is 11.3 Å². The normalized spacial score (nSPS) is 15.9. The minimum absolute atomic E-state index is 0.155. The van der Waals surface area contributed by atoms with Crippen LogP contribution < -0.4 is 11.1 Å². The average Bonchev–Trinajstić information content (AvgIpc) is 3.26. The predicted molar refractivity (Wildman–Crippen MR) is 94.2 cm³/mol. The number of anilines is 1. The Morgan fingerprint density at radius 2 is 1.96 bits per heavy atom. The van der Waals surface area contributed by atoms with Gasteiger partial charge in [-0.15, -0.1) is 5.10 Å². The van der Waals surface area contributed by atoms with Crippen molar-refractivity contribution in [2.24, 2.45) is 5.73 Å². The van der Waals surface area contributed by atoms with Crippen LogP contribution in [0, 0.1) is 0 Å². The van der Waals surface area contributed by atoms with Crippen molar-refractivity contribution in [1.29, 1.82) is 0 Å². The fourth-order valence-electron chi connectivity index (χ4n) is 2.81. The summed E-state index contributed by atoms with van der Waals surface area (Å²) in [4.78, 5) is 23.5. The molecule has 1 aliphatic carbocycles. The number of primary amides is 1. The highest BCUT2D eigenvalue weighted by atomic mass is 32.2. The van der Waals surface area contributed by atoms with E-state index in [1.165, 1.54) is 24.6 Å². The van der Waals surface area contributed by atoms with Crippen LogP contribution >= 0.6 is 11.8 Å². The lowest BCUT2D eigenvalue weighted by molar-refractivity contribution is -0.115. The molecule has 0 aliphatic heterocycles. The van der Waals surface area contributed by atoms with E-state index in [-0.39, 0.29) is 11.2 Å². The molecule has 0 radical (unpaired) electrons. The zero-order chi connectivity index (χ0) is 17.8. The quantitative estimate of drug-likeness (QED) is 0.761. The van der Waals surface area contributed by atoms with E-state index in [0.29, 0.717) is 22.4 Å². The Balaban J connectivity index is 1.61. The molecule has 9 heteroatoms. The third kappa shape index (κ3) is 4.16. The molecule has 1 aromatic heterocycles. The summed E-state index contributed by atoms with van der Waals surface area (Å²) in [6, 6.07) is 6.79. The van der Waals surface area contributed by atoms with Gasteiger partial charge in [0.2, 0.25) is 17.0 Å². The molecule has 0 saturated heterocycles. The van der Waals surface area contributed by atoms with Gasteiger partial charge in [-0.1, -0.05) is 24.6 Å². The molecule has 1 aliphatic rings. The van der Waals surface area contributed by atoms with Crippen molar-refractivity contribution in [2.45, 2.75) is 49.1 Å². The van der Waals surface area contributed by atoms with Gasteiger partial charge in [0.15, 0.2) is 0 Å². The number of aromatic nitrogens is 4. The van der Waals surface area contributed by atoms with E-state index in [1.807, 2.05) is 11.6 Å². The number of nitrogens with two attached hydrogens (primary N) is 1. The van der Waals surface area contributed by atoms with Gasteiger partial charge in [-0.25, -0.2) is 4.68 Å². The number of tetrazole rings is 1. The van der Waals surface area contributed by atoms with Crippen molar-refractivity contribution in [3.8, 4) is 0 Å². The van der Waals surface area contributed by atoms with Crippen molar-refractivity contribution in [3.05, 3.63) is 29.8 Å². The number of carbonyl (C=O) groups is 2. The zero-order valence-corrected chi connectivity index (χ0v) is 14.7. The molecule has 1 heterocycles. The number of hydrogen-bond donors (Lipinski definition) is 2. The molecule has 3 rings (SSSR count). The topological polar surface area (TPSA) is 116 Å². The van der Waals surface area contributed by atoms with Gasteiger partial charge in [-0.05, 0) is 54.5 Å². The predicted octanol–water partition coefficient (Wildman–Crippen LogP) is 2.01. The van der Waals surface area contributed by atoms with Crippen molar-refractivity contribution < 1.29 is 9.59 Å². The Bertz CT molecular complexity index is 754. The van der Waals surface area contributed by atoms with E-state index in [1.54, 1.807) is 24.3 Å². The molecule has 0 spiro atoms. The lowest BCUT2D eigenvalue weighted by Crippen LogP contribution is -2.23. The molecule has 1 atom stereocenters. The summed E-state index contributed by atoms with van der Waals surface area (Å²) in [7, 11) is 0. The first-order valence-corrected chi connectivity index (χ1v) is 9.08. The van der Waals surface area contributed by atoms with Crippen LogP contribution in [0.15, 0.2) is 29.4 Å². The first-order chi connectivity index (χ1) is 12.0. The first kappa shape index (κ1) is 17.4. The van der Waals surface area contributed by atoms with Crippen LogP contribution in [-0.2, 0) is 4.79 Å². The molecular weight excluding hydrogens is 340 g/mol. The van der Waals surface area contributed by atoms with E-state index in [9.17, 15) is 9.59 Å². The van der Waals surface area contributed by atoms with Gasteiger partial charge in [0.25, 0.3) is 0 Å². The minimum Gasteiger partial charge on any atom is -0.366 e. The summed E-state index contributed by atoms with van der Waals surface area (Å²) in [5, 5.41) is 15.0. The average molecular weight is 360 g/mol. The second-order valence-corrected chi connectivity index (χ2v) is 7.34. The fourth-order valence-corrected chi connectivity index (χ4v) is 3.67. The molecule has 3 N–H and O–H groups in total. The fraction of sp³-hybridized carbons (Fsp3) is 0.438. The lowest BCUT2D eigenvalue weighted by atomic mass is 10.2. The summed E-state index contributed by atoms with van der Waals surface area (Å²) in [6.07, 6.45) is 4.52. The van der Waals surface area contributed by atoms with Crippen molar-refractivity contribution in [1.82, 2.24) is 20.2 Å². The van der Waals surface area contributed by atoms with Crippen molar-refractivity contribution in [2.75, 3.05) is 5.32 Å². The van der Waals surface area contributed by atoms with Gasteiger partial charge >= 0.3 is 0 Å². The molecule has 0 unspecified atom stereocenters. The van der Waals surface area contributed by atoms with Gasteiger partial charge in [-0.3, -0.25) is 9.59 Å². The molecule has 2 aromatic rings. The van der Waals surface area contributed by atoms with E-state index >= 15 is 0 Å². The smallest absolute Gasteiger partial charge is 0.248 e. The Morgan fingerprint density at radius 3 is 2.60 bits per heavy atom. The Labute approximate surface area is 149 Å². The van der Waals surface area contributed by atoms with Crippen LogP contribution in [0.4, 0.5) is 5.69 Å². The lowest BCUT2D eigenvalue weighted by Gasteiger charge is -2.14. The second kappa shape index (κ2) is 7.64. The number of amides is 2. The van der Waals surface area contributed by atoms with Gasteiger partial charge < -0.3 is 11.1 Å². The third-order valence-electron chi connectivity index (χ3n) is 4.22. The van der Waals surface area contributed by atoms with Crippen LogP contribution in [0.2, 0.25) is 0 Å². The number of rotatable bonds is 6. The highest BCUT2D eigenvalue weighted by Crippen LogP contribution is 2.32. The summed E-state index contributed by atoms with van der Waals surface area (Å²) in [5.41, 5.74) is 6.21. The SMILES string of the molecule is C[C@@H](Sc1nnnn1C1CCCC1)C(=O)Nc1ccc(C(N)=O)cc1. The summed E-state index contributed by atoms with van der Waals surface area (Å²) in [5.74, 6) is -0.654. The van der Waals surface area contributed by atoms with Gasteiger partial charge in [-0.2, -0.15) is 0 Å². The molecule has 1 aromatic carbocycles. The molecule has 8 nitrogen and oxygen atoms in total. The number of benzene rings is 1. The van der Waals surface area contributed by atoms with Crippen LogP contribution in [0.1, 0.15) is 49.0 Å². The highest BCUT2D eigenvalue weighted by Gasteiger charge is 2.24. The maximum absolute atomic E-state index is 12.4. The van der Waals surface area contributed by atoms with E-state index in [4.69, 9.17) is 5.73 Å². The second-order valence-electron chi connectivity index (χ2n) is 6.04. The molecule has 25 heavy (non-hydrogen) atoms. The van der Waals surface area contributed by atoms with Crippen molar-refractivity contribution in [3.63, 3.8) is 0 Å². The molecule has 0 bridgehead atoms. The highest BCUT2D eigenvalue weighted by molar-refractivity contribution is 8.00.